The molecule has 0 unspecified atom stereocenters. The molecule has 24 aromatic rings. The number of nitrogens with one attached hydrogen (secondary N) is 2. The molecule has 20 aromatic carbocycles. The molecular formula is C126H94N10O6. The van der Waals surface area contributed by atoms with Gasteiger partial charge in [0.15, 0.2) is 0 Å². The molecule has 0 saturated carbocycles. The van der Waals surface area contributed by atoms with Crippen LogP contribution in [0.1, 0.15) is 36.1 Å². The fourth-order valence-corrected chi connectivity index (χ4v) is 18.9. The number of ether oxygens (including phenoxy) is 2. The van der Waals surface area contributed by atoms with Crippen LogP contribution in [0.15, 0.2) is 438 Å². The third kappa shape index (κ3) is 17.0. The van der Waals surface area contributed by atoms with Crippen LogP contribution >= 0.6 is 0 Å². The molecule has 0 saturated heterocycles. The molecule has 0 radical (unpaired) electrons. The number of hydrogen-bond acceptors (Lipinski definition) is 10. The van der Waals surface area contributed by atoms with Crippen molar-refractivity contribution in [3.05, 3.63) is 460 Å². The van der Waals surface area contributed by atoms with E-state index in [-0.39, 0.29) is 11.8 Å². The first-order valence-corrected chi connectivity index (χ1v) is 46.9. The Morgan fingerprint density at radius 1 is 0.261 bits per heavy atom. The van der Waals surface area contributed by atoms with E-state index in [2.05, 4.69) is 374 Å². The summed E-state index contributed by atoms with van der Waals surface area (Å²) in [5.74, 6) is 3.08. The molecule has 684 valence electrons. The molecule has 0 spiro atoms. The van der Waals surface area contributed by atoms with Crippen LogP contribution in [0.5, 0.6) is 11.5 Å². The number of fused-ring (bicyclic) bond motifs is 24. The standard InChI is InChI=1S/C32H25N3O.C32H24N2O2.C31H23N3O.C31H22N2O2/c1-20(2)32(36)33-23-16-18-24(19-17-23)35-30-28-11-7-5-9-26(28)25-8-4-6-10-27(25)29(30)34-31(35)22-14-12-21(3)13-15-22;1-20(2)32(35)36-24-18-16-23(17-19-24)34-30-28-11-7-5-9-26(28)25-8-4-6-10-27(25)29(30)33-31(34)22-14-12-21(3)13-15-22;1-3-28(35)32-22-16-18-23(19-17-22)34-30-27-11-7-5-9-25(27)24-8-4-6-10-26(24)29(30)33-31(34)21-14-12-20(2)13-15-21;1-3-28(34)35-23-18-16-22(17-19-23)33-30-27-11-7-5-9-25(27)24-8-4-6-10-26(24)29(30)32-31(33)21-14-12-20(2)13-15-21/h4-19H,1H2,2-3H3,(H,33,36);4-19H,1H2,2-3H3;3-19H,1H2,2H3,(H,32,35);3-19H,1H2,2H3. The third-order valence-corrected chi connectivity index (χ3v) is 25.9. The first-order chi connectivity index (χ1) is 69.3. The van der Waals surface area contributed by atoms with Crippen LogP contribution in [-0.4, -0.2) is 62.0 Å². The van der Waals surface area contributed by atoms with Gasteiger partial charge in [0.25, 0.3) is 5.91 Å². The van der Waals surface area contributed by atoms with Gasteiger partial charge in [0, 0.05) is 117 Å². The Hall–Kier alpha value is -18.8. The number of carbonyl (C=O) groups excluding carboxylic acids is 4. The van der Waals surface area contributed by atoms with Crippen molar-refractivity contribution in [3.8, 4) is 79.8 Å². The molecule has 2 amide bonds. The SMILES string of the molecule is C=C(C)C(=O)Nc1ccc(-n2c(-c3ccc(C)cc3)nc3c4ccccc4c4ccccc4c32)cc1.C=C(C)C(=O)Oc1ccc(-n2c(-c3ccc(C)cc3)nc3c4ccccc4c4ccccc4c32)cc1.C=CC(=O)Nc1ccc(-n2c(-c3ccc(C)cc3)nc3c4ccccc4c4ccccc4c32)cc1.C=CC(=O)Oc1ccc(-n2c(-c3ccc(C)cc3)nc3c4ccccc4c4ccccc4c32)cc1. The van der Waals surface area contributed by atoms with E-state index in [1.807, 2.05) is 84.9 Å². The molecule has 0 atom stereocenters. The summed E-state index contributed by atoms with van der Waals surface area (Å²) in [5.41, 5.74) is 23.1. The quantitative estimate of drug-likeness (QED) is 0.0409. The Morgan fingerprint density at radius 2 is 0.486 bits per heavy atom. The largest absolute Gasteiger partial charge is 0.423 e. The normalized spacial score (nSPS) is 11.3. The number of imidazole rings is 4. The van der Waals surface area contributed by atoms with Gasteiger partial charge in [0.05, 0.1) is 44.1 Å². The number of aryl methyl sites for hydroxylation is 4. The zero-order chi connectivity index (χ0) is 97.5. The molecule has 24 rings (SSSR count). The summed E-state index contributed by atoms with van der Waals surface area (Å²) in [6.07, 6.45) is 2.42. The lowest BCUT2D eigenvalue weighted by Gasteiger charge is -2.13. The summed E-state index contributed by atoms with van der Waals surface area (Å²) < 4.78 is 19.6. The van der Waals surface area contributed by atoms with Crippen LogP contribution in [0.25, 0.3) is 199 Å². The van der Waals surface area contributed by atoms with Gasteiger partial charge in [0.2, 0.25) is 5.91 Å². The minimum absolute atomic E-state index is 0.186. The summed E-state index contributed by atoms with van der Waals surface area (Å²) in [5, 5.41) is 24.3. The maximum absolute atomic E-state index is 12.1. The number of hydrogen-bond donors (Lipinski definition) is 2. The number of nitrogens with zero attached hydrogens (tertiary/aromatic N) is 8. The van der Waals surface area contributed by atoms with Gasteiger partial charge in [-0.1, -0.05) is 340 Å². The zero-order valence-electron chi connectivity index (χ0n) is 79.0. The highest BCUT2D eigenvalue weighted by atomic mass is 16.5. The molecule has 0 aliphatic carbocycles. The van der Waals surface area contributed by atoms with Crippen LogP contribution in [0.4, 0.5) is 11.4 Å². The van der Waals surface area contributed by atoms with Crippen molar-refractivity contribution in [2.75, 3.05) is 10.6 Å². The van der Waals surface area contributed by atoms with Gasteiger partial charge in [-0.15, -0.1) is 0 Å². The number of esters is 2. The van der Waals surface area contributed by atoms with Gasteiger partial charge in [0.1, 0.15) is 34.8 Å². The maximum atomic E-state index is 12.1. The lowest BCUT2D eigenvalue weighted by atomic mass is 10.00. The Kier molecular flexibility index (Phi) is 24.0. The predicted molar refractivity (Wildman–Crippen MR) is 584 cm³/mol. The lowest BCUT2D eigenvalue weighted by Crippen LogP contribution is -2.11. The predicted octanol–water partition coefficient (Wildman–Crippen LogP) is 30.4. The van der Waals surface area contributed by atoms with Gasteiger partial charge >= 0.3 is 11.9 Å². The van der Waals surface area contributed by atoms with Crippen molar-refractivity contribution < 1.29 is 28.7 Å². The zero-order valence-corrected chi connectivity index (χ0v) is 79.0. The summed E-state index contributed by atoms with van der Waals surface area (Å²) >= 11 is 0. The fraction of sp³-hybridized carbons (Fsp3) is 0.0476. The highest BCUT2D eigenvalue weighted by molar-refractivity contribution is 6.28. The van der Waals surface area contributed by atoms with Crippen LogP contribution in [0.2, 0.25) is 0 Å². The van der Waals surface area contributed by atoms with Crippen molar-refractivity contribution in [3.63, 3.8) is 0 Å². The molecule has 16 nitrogen and oxygen atoms in total. The highest BCUT2D eigenvalue weighted by Crippen LogP contribution is 2.46. The second-order valence-corrected chi connectivity index (χ2v) is 35.5. The van der Waals surface area contributed by atoms with Crippen LogP contribution in [-0.2, 0) is 19.2 Å². The van der Waals surface area contributed by atoms with Crippen molar-refractivity contribution in [2.45, 2.75) is 41.5 Å². The second-order valence-electron chi connectivity index (χ2n) is 35.5. The summed E-state index contributed by atoms with van der Waals surface area (Å²) in [7, 11) is 0. The Balaban J connectivity index is 0.000000112. The second kappa shape index (κ2) is 38.1. The number of carbonyl (C=O) groups is 4. The number of aromatic nitrogens is 8. The lowest BCUT2D eigenvalue weighted by molar-refractivity contribution is -0.130. The smallest absolute Gasteiger partial charge is 0.338 e. The molecule has 0 bridgehead atoms. The number of amides is 2. The molecule has 0 aliphatic rings. The van der Waals surface area contributed by atoms with E-state index in [4.69, 9.17) is 29.4 Å². The van der Waals surface area contributed by atoms with E-state index in [1.54, 1.807) is 26.0 Å². The molecule has 0 aliphatic heterocycles. The first kappa shape index (κ1) is 89.7. The summed E-state index contributed by atoms with van der Waals surface area (Å²) in [4.78, 5) is 68.4. The summed E-state index contributed by atoms with van der Waals surface area (Å²) in [6, 6.07) is 132. The average molecular weight is 1840 g/mol. The molecule has 0 fully saturated rings. The number of rotatable bonds is 16. The van der Waals surface area contributed by atoms with Crippen molar-refractivity contribution in [2.24, 2.45) is 0 Å². The minimum atomic E-state index is -0.483. The Bertz CT molecular complexity index is 8680. The third-order valence-electron chi connectivity index (χ3n) is 25.9. The van der Waals surface area contributed by atoms with Gasteiger partial charge in [-0.3, -0.25) is 27.9 Å². The molecule has 16 heteroatoms. The maximum Gasteiger partial charge on any atom is 0.338 e. The van der Waals surface area contributed by atoms with E-state index >= 15 is 0 Å². The van der Waals surface area contributed by atoms with Gasteiger partial charge in [-0.2, -0.15) is 0 Å². The van der Waals surface area contributed by atoms with Crippen molar-refractivity contribution in [1.29, 1.82) is 0 Å². The van der Waals surface area contributed by atoms with Crippen molar-refractivity contribution >= 4 is 165 Å². The van der Waals surface area contributed by atoms with E-state index in [9.17, 15) is 19.2 Å². The van der Waals surface area contributed by atoms with Crippen LogP contribution in [0.3, 0.4) is 0 Å². The first-order valence-electron chi connectivity index (χ1n) is 46.9. The monoisotopic (exact) mass is 1840 g/mol. The summed E-state index contributed by atoms with van der Waals surface area (Å²) in [6.45, 7) is 26.1. The molecule has 142 heavy (non-hydrogen) atoms. The molecule has 2 N–H and O–H groups in total. The van der Waals surface area contributed by atoms with E-state index in [1.165, 1.54) is 71.4 Å². The van der Waals surface area contributed by atoms with Gasteiger partial charge in [-0.25, -0.2) is 29.5 Å². The number of anilines is 2. The fourth-order valence-electron chi connectivity index (χ4n) is 18.9. The number of benzene rings is 20. The van der Waals surface area contributed by atoms with E-state index in [0.717, 1.165) is 173 Å². The van der Waals surface area contributed by atoms with Crippen molar-refractivity contribution in [1.82, 2.24) is 38.2 Å². The Morgan fingerprint density at radius 3 is 0.725 bits per heavy atom. The topological polar surface area (TPSA) is 182 Å². The minimum Gasteiger partial charge on any atom is -0.423 e. The van der Waals surface area contributed by atoms with Crippen LogP contribution < -0.4 is 20.1 Å². The van der Waals surface area contributed by atoms with Gasteiger partial charge < -0.3 is 20.1 Å². The van der Waals surface area contributed by atoms with E-state index < -0.39 is 11.9 Å². The average Bonchev–Trinajstić information content (AvgIpc) is 1.57. The van der Waals surface area contributed by atoms with Crippen LogP contribution in [0, 0.1) is 27.7 Å². The Labute approximate surface area is 819 Å². The highest BCUT2D eigenvalue weighted by Gasteiger charge is 2.27. The molecule has 4 aromatic heterocycles. The molecule has 4 heterocycles. The van der Waals surface area contributed by atoms with E-state index in [0.29, 0.717) is 22.6 Å². The molecular weight excluding hydrogens is 1750 g/mol. The van der Waals surface area contributed by atoms with Gasteiger partial charge in [-0.05, 0) is 188 Å².